The van der Waals surface area contributed by atoms with Gasteiger partial charge in [-0.2, -0.15) is 8.42 Å². The Morgan fingerprint density at radius 1 is 1.33 bits per heavy atom. The van der Waals surface area contributed by atoms with Crippen LogP contribution in [0.2, 0.25) is 5.02 Å². The maximum atomic E-state index is 11.1. The molecule has 0 amide bonds. The van der Waals surface area contributed by atoms with Crippen LogP contribution in [0.1, 0.15) is 37.7 Å². The first kappa shape index (κ1) is 15.5. The fourth-order valence-electron chi connectivity index (χ4n) is 1.79. The van der Waals surface area contributed by atoms with Gasteiger partial charge in [0, 0.05) is 10.9 Å². The summed E-state index contributed by atoms with van der Waals surface area (Å²) >= 11 is 6.14. The van der Waals surface area contributed by atoms with E-state index < -0.39 is 10.1 Å². The van der Waals surface area contributed by atoms with Gasteiger partial charge in [-0.05, 0) is 18.1 Å². The van der Waals surface area contributed by atoms with Crippen LogP contribution in [0.25, 0.3) is 0 Å². The summed E-state index contributed by atoms with van der Waals surface area (Å²) in [6.45, 7) is 2.25. The second-order valence-electron chi connectivity index (χ2n) is 4.35. The summed E-state index contributed by atoms with van der Waals surface area (Å²) in [5.74, 6) is 0.0216. The molecule has 1 rings (SSSR count). The van der Waals surface area contributed by atoms with Crippen molar-refractivity contribution in [1.82, 2.24) is 0 Å². The third-order valence-corrected chi connectivity index (χ3v) is 3.64. The molecule has 0 radical (unpaired) electrons. The highest BCUT2D eigenvalue weighted by Gasteiger charge is 2.16. The Morgan fingerprint density at radius 3 is 2.56 bits per heavy atom. The van der Waals surface area contributed by atoms with Crippen LogP contribution in [0.3, 0.4) is 0 Å². The van der Waals surface area contributed by atoms with Crippen molar-refractivity contribution in [3.05, 3.63) is 34.9 Å². The molecular formula is C13H19ClO3S. The number of unbranched alkanes of at least 4 members (excludes halogenated alkanes) is 1. The maximum Gasteiger partial charge on any atom is 0.264 e. The molecule has 0 N–H and O–H groups in total. The zero-order valence-corrected chi connectivity index (χ0v) is 12.3. The van der Waals surface area contributed by atoms with Crippen LogP contribution in [0, 0.1) is 0 Å². The molecule has 0 fully saturated rings. The summed E-state index contributed by atoms with van der Waals surface area (Å²) in [5.41, 5.74) is 0.955. The van der Waals surface area contributed by atoms with Crippen molar-refractivity contribution in [2.24, 2.45) is 0 Å². The lowest BCUT2D eigenvalue weighted by atomic mass is 9.94. The summed E-state index contributed by atoms with van der Waals surface area (Å²) in [7, 11) is -3.41. The molecule has 0 spiro atoms. The van der Waals surface area contributed by atoms with Gasteiger partial charge in [0.15, 0.2) is 0 Å². The number of hydrogen-bond acceptors (Lipinski definition) is 3. The topological polar surface area (TPSA) is 43.4 Å². The highest BCUT2D eigenvalue weighted by atomic mass is 35.5. The van der Waals surface area contributed by atoms with Crippen molar-refractivity contribution in [1.29, 1.82) is 0 Å². The van der Waals surface area contributed by atoms with E-state index in [-0.39, 0.29) is 12.5 Å². The van der Waals surface area contributed by atoms with Gasteiger partial charge in [0.05, 0.1) is 12.9 Å². The molecule has 0 aromatic heterocycles. The van der Waals surface area contributed by atoms with Crippen LogP contribution < -0.4 is 0 Å². The van der Waals surface area contributed by atoms with Gasteiger partial charge in [-0.1, -0.05) is 49.6 Å². The summed E-state index contributed by atoms with van der Waals surface area (Å²) in [6, 6.07) is 7.51. The van der Waals surface area contributed by atoms with Gasteiger partial charge in [-0.15, -0.1) is 0 Å². The second-order valence-corrected chi connectivity index (χ2v) is 6.40. The Balaban J connectivity index is 2.81. The van der Waals surface area contributed by atoms with Crippen molar-refractivity contribution < 1.29 is 12.6 Å². The van der Waals surface area contributed by atoms with Gasteiger partial charge >= 0.3 is 0 Å². The molecule has 5 heteroatoms. The minimum atomic E-state index is -3.41. The Morgan fingerprint density at radius 2 is 2.00 bits per heavy atom. The minimum absolute atomic E-state index is 0.0216. The van der Waals surface area contributed by atoms with Gasteiger partial charge in [-0.25, -0.2) is 0 Å². The third kappa shape index (κ3) is 5.38. The molecule has 0 heterocycles. The van der Waals surface area contributed by atoms with Crippen molar-refractivity contribution in [2.45, 2.75) is 32.1 Å². The van der Waals surface area contributed by atoms with E-state index in [1.807, 2.05) is 24.3 Å². The molecular weight excluding hydrogens is 272 g/mol. The van der Waals surface area contributed by atoms with E-state index in [0.29, 0.717) is 5.02 Å². The first-order valence-corrected chi connectivity index (χ1v) is 8.22. The van der Waals surface area contributed by atoms with E-state index in [4.69, 9.17) is 15.8 Å². The molecule has 18 heavy (non-hydrogen) atoms. The van der Waals surface area contributed by atoms with Gasteiger partial charge in [0.25, 0.3) is 10.1 Å². The molecule has 0 aliphatic rings. The zero-order chi connectivity index (χ0) is 13.6. The number of halogens is 1. The molecule has 0 bridgehead atoms. The number of benzene rings is 1. The highest BCUT2D eigenvalue weighted by molar-refractivity contribution is 7.85. The summed E-state index contributed by atoms with van der Waals surface area (Å²) in [5, 5.41) is 0.663. The van der Waals surface area contributed by atoms with Crippen LogP contribution in [-0.4, -0.2) is 21.3 Å². The largest absolute Gasteiger partial charge is 0.270 e. The molecule has 0 saturated heterocycles. The lowest BCUT2D eigenvalue weighted by Crippen LogP contribution is -2.12. The van der Waals surface area contributed by atoms with E-state index in [9.17, 15) is 8.42 Å². The molecule has 1 atom stereocenters. The summed E-state index contributed by atoms with van der Waals surface area (Å²) in [4.78, 5) is 0. The SMILES string of the molecule is CCCCC(COS(C)(=O)=O)c1ccccc1Cl. The third-order valence-electron chi connectivity index (χ3n) is 2.73. The quantitative estimate of drug-likeness (QED) is 0.721. The molecule has 1 unspecified atom stereocenters. The Hall–Kier alpha value is -0.580. The Bertz CT molecular complexity index is 471. The van der Waals surface area contributed by atoms with Gasteiger partial charge in [-0.3, -0.25) is 4.18 Å². The molecule has 0 aliphatic carbocycles. The predicted octanol–water partition coefficient (Wildman–Crippen LogP) is 3.59. The average molecular weight is 291 g/mol. The normalized spacial score (nSPS) is 13.5. The van der Waals surface area contributed by atoms with Crippen LogP contribution in [-0.2, 0) is 14.3 Å². The number of hydrogen-bond donors (Lipinski definition) is 0. The van der Waals surface area contributed by atoms with Crippen molar-refractivity contribution in [3.8, 4) is 0 Å². The smallest absolute Gasteiger partial charge is 0.264 e. The first-order valence-electron chi connectivity index (χ1n) is 6.03. The molecule has 1 aromatic rings. The van der Waals surface area contributed by atoms with E-state index >= 15 is 0 Å². The predicted molar refractivity (Wildman–Crippen MR) is 74.5 cm³/mol. The van der Waals surface area contributed by atoms with E-state index in [0.717, 1.165) is 31.1 Å². The molecule has 102 valence electrons. The Kier molecular flexibility index (Phi) is 6.12. The van der Waals surface area contributed by atoms with Gasteiger partial charge in [0.2, 0.25) is 0 Å². The zero-order valence-electron chi connectivity index (χ0n) is 10.7. The lowest BCUT2D eigenvalue weighted by Gasteiger charge is -2.17. The molecule has 3 nitrogen and oxygen atoms in total. The van der Waals surface area contributed by atoms with Crippen molar-refractivity contribution in [3.63, 3.8) is 0 Å². The van der Waals surface area contributed by atoms with E-state index in [2.05, 4.69) is 6.92 Å². The van der Waals surface area contributed by atoms with E-state index in [1.54, 1.807) is 0 Å². The minimum Gasteiger partial charge on any atom is -0.270 e. The monoisotopic (exact) mass is 290 g/mol. The average Bonchev–Trinajstić information content (AvgIpc) is 2.29. The summed E-state index contributed by atoms with van der Waals surface area (Å²) < 4.78 is 27.1. The van der Waals surface area contributed by atoms with Crippen molar-refractivity contribution >= 4 is 21.7 Å². The fourth-order valence-corrected chi connectivity index (χ4v) is 2.49. The van der Waals surface area contributed by atoms with E-state index in [1.165, 1.54) is 0 Å². The molecule has 0 aliphatic heterocycles. The van der Waals surface area contributed by atoms with Crippen LogP contribution in [0.4, 0.5) is 0 Å². The van der Waals surface area contributed by atoms with Crippen LogP contribution in [0.5, 0.6) is 0 Å². The first-order chi connectivity index (χ1) is 8.44. The number of rotatable bonds is 7. The van der Waals surface area contributed by atoms with Crippen molar-refractivity contribution in [2.75, 3.05) is 12.9 Å². The molecule has 1 aromatic carbocycles. The Labute approximate surface area is 114 Å². The van der Waals surface area contributed by atoms with Gasteiger partial charge < -0.3 is 0 Å². The second kappa shape index (κ2) is 7.12. The maximum absolute atomic E-state index is 11.1. The van der Waals surface area contributed by atoms with Crippen LogP contribution in [0.15, 0.2) is 24.3 Å². The van der Waals surface area contributed by atoms with Crippen LogP contribution >= 0.6 is 11.6 Å². The standard InChI is InChI=1S/C13H19ClO3S/c1-3-4-7-11(10-17-18(2,15)16)12-8-5-6-9-13(12)14/h5-6,8-9,11H,3-4,7,10H2,1-2H3. The molecule has 0 saturated carbocycles. The fraction of sp³-hybridized carbons (Fsp3) is 0.538. The van der Waals surface area contributed by atoms with Gasteiger partial charge in [0.1, 0.15) is 0 Å². The summed E-state index contributed by atoms with van der Waals surface area (Å²) in [6.07, 6.45) is 4.01. The lowest BCUT2D eigenvalue weighted by molar-refractivity contribution is 0.286. The highest BCUT2D eigenvalue weighted by Crippen LogP contribution is 2.29.